The van der Waals surface area contributed by atoms with Crippen LogP contribution in [0.2, 0.25) is 0 Å². The molecule has 2 nitrogen and oxygen atoms in total. The molecule has 1 aromatic carbocycles. The van der Waals surface area contributed by atoms with Crippen LogP contribution in [0.15, 0.2) is 22.6 Å². The Kier molecular flexibility index (Phi) is 2.05. The van der Waals surface area contributed by atoms with Crippen LogP contribution in [0, 0.1) is 6.92 Å². The highest BCUT2D eigenvalue weighted by Crippen LogP contribution is 2.17. The first-order chi connectivity index (χ1) is 6.29. The van der Waals surface area contributed by atoms with Crippen molar-refractivity contribution in [2.45, 2.75) is 26.7 Å². The molecule has 0 spiro atoms. The molecule has 2 aromatic rings. The minimum atomic E-state index is 0.739. The van der Waals surface area contributed by atoms with Crippen LogP contribution in [0.25, 0.3) is 11.1 Å². The zero-order valence-electron chi connectivity index (χ0n) is 8.00. The van der Waals surface area contributed by atoms with Gasteiger partial charge in [0.2, 0.25) is 0 Å². The van der Waals surface area contributed by atoms with Gasteiger partial charge in [-0.2, -0.15) is 0 Å². The second-order valence-electron chi connectivity index (χ2n) is 3.28. The van der Waals surface area contributed by atoms with Gasteiger partial charge in [-0.05, 0) is 24.1 Å². The van der Waals surface area contributed by atoms with Crippen molar-refractivity contribution in [2.24, 2.45) is 0 Å². The summed E-state index contributed by atoms with van der Waals surface area (Å²) in [4.78, 5) is 4.29. The van der Waals surface area contributed by atoms with Crippen molar-refractivity contribution in [3.8, 4) is 0 Å². The molecule has 68 valence electrons. The molecule has 0 radical (unpaired) electrons. The number of hydrogen-bond acceptors (Lipinski definition) is 2. The molecule has 0 aliphatic rings. The van der Waals surface area contributed by atoms with E-state index >= 15 is 0 Å². The number of aryl methyl sites for hydroxylation is 2. The molecule has 0 unspecified atom stereocenters. The quantitative estimate of drug-likeness (QED) is 0.701. The third-order valence-corrected chi connectivity index (χ3v) is 2.10. The number of benzene rings is 1. The van der Waals surface area contributed by atoms with E-state index in [0.717, 1.165) is 23.4 Å². The molecule has 0 N–H and O–H groups in total. The van der Waals surface area contributed by atoms with E-state index in [1.165, 1.54) is 12.0 Å². The highest BCUT2D eigenvalue weighted by atomic mass is 16.3. The van der Waals surface area contributed by atoms with Gasteiger partial charge in [-0.25, -0.2) is 4.98 Å². The highest BCUT2D eigenvalue weighted by Gasteiger charge is 2.01. The van der Waals surface area contributed by atoms with E-state index in [1.54, 1.807) is 0 Å². The number of oxazole rings is 1. The average molecular weight is 175 g/mol. The number of aromatic nitrogens is 1. The zero-order chi connectivity index (χ0) is 9.26. The predicted octanol–water partition coefficient (Wildman–Crippen LogP) is 3.09. The lowest BCUT2D eigenvalue weighted by Crippen LogP contribution is -1.81. The Balaban J connectivity index is 2.48. The Hall–Kier alpha value is -1.31. The van der Waals surface area contributed by atoms with Gasteiger partial charge >= 0.3 is 0 Å². The van der Waals surface area contributed by atoms with Gasteiger partial charge in [0.15, 0.2) is 11.5 Å². The topological polar surface area (TPSA) is 26.0 Å². The molecule has 0 amide bonds. The summed E-state index contributed by atoms with van der Waals surface area (Å²) in [5.74, 6) is 0.739. The van der Waals surface area contributed by atoms with Crippen molar-refractivity contribution in [1.29, 1.82) is 0 Å². The smallest absolute Gasteiger partial charge is 0.192 e. The van der Waals surface area contributed by atoms with Gasteiger partial charge in [0.25, 0.3) is 0 Å². The van der Waals surface area contributed by atoms with Crippen LogP contribution < -0.4 is 0 Å². The van der Waals surface area contributed by atoms with Gasteiger partial charge in [0, 0.05) is 6.92 Å². The van der Waals surface area contributed by atoms with Gasteiger partial charge in [-0.3, -0.25) is 0 Å². The van der Waals surface area contributed by atoms with Crippen LogP contribution in [0.3, 0.4) is 0 Å². The summed E-state index contributed by atoms with van der Waals surface area (Å²) in [5.41, 5.74) is 3.20. The van der Waals surface area contributed by atoms with Crippen LogP contribution in [0.1, 0.15) is 24.8 Å². The summed E-state index contributed by atoms with van der Waals surface area (Å²) in [5, 5.41) is 0. The molecular formula is C11H13NO. The molecule has 1 heterocycles. The second-order valence-corrected chi connectivity index (χ2v) is 3.28. The molecule has 0 fully saturated rings. The van der Waals surface area contributed by atoms with Crippen molar-refractivity contribution >= 4 is 11.1 Å². The fourth-order valence-corrected chi connectivity index (χ4v) is 1.53. The number of fused-ring (bicyclic) bond motifs is 1. The largest absolute Gasteiger partial charge is 0.441 e. The fourth-order valence-electron chi connectivity index (χ4n) is 1.53. The van der Waals surface area contributed by atoms with Gasteiger partial charge < -0.3 is 4.42 Å². The SMILES string of the molecule is CCCc1ccc2oc(C)nc2c1. The highest BCUT2D eigenvalue weighted by molar-refractivity contribution is 5.73. The lowest BCUT2D eigenvalue weighted by molar-refractivity contribution is 0.561. The van der Waals surface area contributed by atoms with Crippen LogP contribution in [-0.2, 0) is 6.42 Å². The van der Waals surface area contributed by atoms with Gasteiger partial charge in [-0.1, -0.05) is 19.4 Å². The van der Waals surface area contributed by atoms with E-state index in [1.807, 2.05) is 13.0 Å². The van der Waals surface area contributed by atoms with Crippen LogP contribution in [0.4, 0.5) is 0 Å². The summed E-state index contributed by atoms with van der Waals surface area (Å²) in [6.07, 6.45) is 2.28. The molecular weight excluding hydrogens is 162 g/mol. The number of hydrogen-bond donors (Lipinski definition) is 0. The molecule has 0 atom stereocenters. The Morgan fingerprint density at radius 1 is 1.38 bits per heavy atom. The lowest BCUT2D eigenvalue weighted by Gasteiger charge is -1.95. The maximum atomic E-state index is 5.39. The van der Waals surface area contributed by atoms with Crippen molar-refractivity contribution < 1.29 is 4.42 Å². The van der Waals surface area contributed by atoms with Crippen molar-refractivity contribution in [1.82, 2.24) is 4.98 Å². The molecule has 2 heteroatoms. The second kappa shape index (κ2) is 3.21. The minimum absolute atomic E-state index is 0.739. The Bertz CT molecular complexity index is 417. The third kappa shape index (κ3) is 1.57. The van der Waals surface area contributed by atoms with Crippen molar-refractivity contribution in [3.05, 3.63) is 29.7 Å². The standard InChI is InChI=1S/C11H13NO/c1-3-4-9-5-6-11-10(7-9)12-8(2)13-11/h5-7H,3-4H2,1-2H3. The molecule has 0 bridgehead atoms. The molecule has 2 rings (SSSR count). The molecule has 1 aromatic heterocycles. The first kappa shape index (κ1) is 8.30. The van der Waals surface area contributed by atoms with Crippen LogP contribution in [-0.4, -0.2) is 4.98 Å². The molecule has 0 saturated carbocycles. The average Bonchev–Trinajstić information content (AvgIpc) is 2.44. The van der Waals surface area contributed by atoms with E-state index in [-0.39, 0.29) is 0 Å². The Labute approximate surface area is 77.6 Å². The lowest BCUT2D eigenvalue weighted by atomic mass is 10.1. The monoisotopic (exact) mass is 175 g/mol. The first-order valence-corrected chi connectivity index (χ1v) is 4.65. The molecule has 0 saturated heterocycles. The summed E-state index contributed by atoms with van der Waals surface area (Å²) in [6, 6.07) is 6.21. The van der Waals surface area contributed by atoms with Gasteiger partial charge in [-0.15, -0.1) is 0 Å². The van der Waals surface area contributed by atoms with E-state index in [9.17, 15) is 0 Å². The number of rotatable bonds is 2. The van der Waals surface area contributed by atoms with Crippen LogP contribution >= 0.6 is 0 Å². The maximum Gasteiger partial charge on any atom is 0.192 e. The Morgan fingerprint density at radius 3 is 3.00 bits per heavy atom. The van der Waals surface area contributed by atoms with Crippen molar-refractivity contribution in [2.75, 3.05) is 0 Å². The molecule has 0 aliphatic heterocycles. The normalized spacial score (nSPS) is 10.9. The zero-order valence-corrected chi connectivity index (χ0v) is 8.00. The van der Waals surface area contributed by atoms with Crippen molar-refractivity contribution in [3.63, 3.8) is 0 Å². The van der Waals surface area contributed by atoms with Gasteiger partial charge in [0.05, 0.1) is 0 Å². The summed E-state index contributed by atoms with van der Waals surface area (Å²) >= 11 is 0. The van der Waals surface area contributed by atoms with E-state index < -0.39 is 0 Å². The third-order valence-electron chi connectivity index (χ3n) is 2.10. The summed E-state index contributed by atoms with van der Waals surface area (Å²) in [6.45, 7) is 4.05. The van der Waals surface area contributed by atoms with E-state index in [4.69, 9.17) is 4.42 Å². The van der Waals surface area contributed by atoms with E-state index in [2.05, 4.69) is 24.0 Å². The van der Waals surface area contributed by atoms with Gasteiger partial charge in [0.1, 0.15) is 5.52 Å². The Morgan fingerprint density at radius 2 is 2.23 bits per heavy atom. The molecule has 0 aliphatic carbocycles. The minimum Gasteiger partial charge on any atom is -0.441 e. The summed E-state index contributed by atoms with van der Waals surface area (Å²) in [7, 11) is 0. The predicted molar refractivity (Wildman–Crippen MR) is 52.7 cm³/mol. The first-order valence-electron chi connectivity index (χ1n) is 4.65. The maximum absolute atomic E-state index is 5.39. The van der Waals surface area contributed by atoms with Crippen LogP contribution in [0.5, 0.6) is 0 Å². The summed E-state index contributed by atoms with van der Waals surface area (Å²) < 4.78 is 5.39. The van der Waals surface area contributed by atoms with E-state index in [0.29, 0.717) is 0 Å². The number of nitrogens with zero attached hydrogens (tertiary/aromatic N) is 1. The fraction of sp³-hybridized carbons (Fsp3) is 0.364. The molecule has 13 heavy (non-hydrogen) atoms.